The quantitative estimate of drug-likeness (QED) is 0.346. The molecule has 0 unspecified atom stereocenters. The van der Waals surface area contributed by atoms with E-state index in [-0.39, 0.29) is 0 Å². The van der Waals surface area contributed by atoms with Crippen LogP contribution in [-0.2, 0) is 0 Å². The van der Waals surface area contributed by atoms with E-state index in [2.05, 4.69) is 0 Å². The molecule has 0 N–H and O–H groups in total. The summed E-state index contributed by atoms with van der Waals surface area (Å²) in [5.41, 5.74) is 0. The van der Waals surface area contributed by atoms with Crippen molar-refractivity contribution in [2.75, 3.05) is 0 Å². The van der Waals surface area contributed by atoms with Crippen LogP contribution < -0.4 is 0 Å². The minimum atomic E-state index is 1.50. The van der Waals surface area contributed by atoms with Crippen LogP contribution in [0.25, 0.3) is 0 Å². The van der Waals surface area contributed by atoms with Gasteiger partial charge in [-0.2, -0.15) is 0 Å². The van der Waals surface area contributed by atoms with E-state index in [1.165, 1.54) is 6.69 Å². The van der Waals surface area contributed by atoms with E-state index < -0.39 is 0 Å². The van der Waals surface area contributed by atoms with Crippen molar-refractivity contribution in [3.8, 4) is 0 Å². The van der Waals surface area contributed by atoms with Crippen LogP contribution in [-0.4, -0.2) is 54.3 Å². The molecule has 0 nitrogen and oxygen atoms in total. The molecular formula is CH3B8. The second-order valence-electron chi connectivity index (χ2n) is 1.49. The number of hydrogen-bond acceptors (Lipinski definition) is 0. The number of hydrogen-bond donors (Lipinski definition) is 0. The van der Waals surface area contributed by atoms with Crippen molar-refractivity contribution in [3.63, 3.8) is 0 Å². The van der Waals surface area contributed by atoms with E-state index in [1.807, 2.05) is 40.4 Å². The Balaban J connectivity index is 3.46. The Kier molecular flexibility index (Phi) is 9.01. The van der Waals surface area contributed by atoms with Crippen LogP contribution >= 0.6 is 0 Å². The molecule has 0 aromatic heterocycles. The average molecular weight is 102 g/mol. The Morgan fingerprint density at radius 3 is 2.00 bits per heavy atom. The third kappa shape index (κ3) is 8.52. The summed E-state index contributed by atoms with van der Waals surface area (Å²) in [5.74, 6) is 0. The Morgan fingerprint density at radius 2 is 1.44 bits per heavy atom. The Hall–Kier alpha value is 0.519. The minimum absolute atomic E-state index is 1.50. The third-order valence-corrected chi connectivity index (χ3v) is 0.748. The summed E-state index contributed by atoms with van der Waals surface area (Å²) in [6.07, 6.45) is 0. The van der Waals surface area contributed by atoms with Crippen LogP contribution in [0.15, 0.2) is 0 Å². The fourth-order valence-electron chi connectivity index (χ4n) is 0.368. The molecule has 0 aliphatic heterocycles. The van der Waals surface area contributed by atoms with Gasteiger partial charge in [0.2, 0.25) is 0 Å². The van der Waals surface area contributed by atoms with Crippen molar-refractivity contribution in [2.24, 2.45) is 0 Å². The molecule has 8 heteroatoms. The summed E-state index contributed by atoms with van der Waals surface area (Å²) < 4.78 is 0. The van der Waals surface area contributed by atoms with Gasteiger partial charge in [0, 0.05) is 0 Å². The molecule has 0 aromatic carbocycles. The molecule has 0 saturated carbocycles. The molecule has 0 atom stereocenters. The Morgan fingerprint density at radius 1 is 0.889 bits per heavy atom. The molecule has 0 heterocycles. The van der Waals surface area contributed by atoms with E-state index >= 15 is 0 Å². The van der Waals surface area contributed by atoms with Gasteiger partial charge in [-0.15, -0.1) is 0 Å². The zero-order valence-corrected chi connectivity index (χ0v) is 5.62. The van der Waals surface area contributed by atoms with Crippen LogP contribution in [0, 0.1) is 0 Å². The summed E-state index contributed by atoms with van der Waals surface area (Å²) in [6, 6.07) is 0. The van der Waals surface area contributed by atoms with Crippen LogP contribution in [0.2, 0.25) is 6.82 Å². The van der Waals surface area contributed by atoms with Crippen molar-refractivity contribution in [2.45, 2.75) is 6.82 Å². The molecule has 0 aliphatic carbocycles. The maximum absolute atomic E-state index is 5.08. The van der Waals surface area contributed by atoms with Gasteiger partial charge in [-0.1, -0.05) is 0 Å². The molecule has 0 aromatic rings. The third-order valence-electron chi connectivity index (χ3n) is 0.748. The van der Waals surface area contributed by atoms with Gasteiger partial charge in [0.25, 0.3) is 0 Å². The van der Waals surface area contributed by atoms with Gasteiger partial charge in [0.1, 0.15) is 0 Å². The Labute approximate surface area is 61.7 Å². The molecule has 0 saturated heterocycles. The van der Waals surface area contributed by atoms with Gasteiger partial charge in [0.15, 0.2) is 0 Å². The van der Waals surface area contributed by atoms with Crippen LogP contribution in [0.4, 0.5) is 0 Å². The molecule has 1 radical (unpaired) electrons. The van der Waals surface area contributed by atoms with Crippen molar-refractivity contribution in [1.29, 1.82) is 0 Å². The number of rotatable bonds is 3. The monoisotopic (exact) mass is 103 g/mol. The zero-order chi connectivity index (χ0) is 6.95. The summed E-state index contributed by atoms with van der Waals surface area (Å²) in [7, 11) is 5.08. The Bertz CT molecular complexity index is 141. The maximum atomic E-state index is 5.08. The molecule has 0 spiro atoms. The van der Waals surface area contributed by atoms with Crippen LogP contribution in [0.3, 0.4) is 0 Å². The average Bonchev–Trinajstić information content (AvgIpc) is 1.89. The van der Waals surface area contributed by atoms with Gasteiger partial charge in [0.05, 0.1) is 0 Å². The van der Waals surface area contributed by atoms with Gasteiger partial charge in [-0.25, -0.2) is 0 Å². The first kappa shape index (κ1) is 9.52. The van der Waals surface area contributed by atoms with Crippen LogP contribution in [0.1, 0.15) is 0 Å². The van der Waals surface area contributed by atoms with Crippen LogP contribution in [0.5, 0.6) is 0 Å². The molecule has 0 bridgehead atoms. The second kappa shape index (κ2) is 8.52. The first-order chi connectivity index (χ1) is 4.41. The predicted octanol–water partition coefficient (Wildman–Crippen LogP) is -2.46. The molecule has 0 rings (SSSR count). The van der Waals surface area contributed by atoms with E-state index in [0.29, 0.717) is 0 Å². The van der Waals surface area contributed by atoms with Crippen molar-refractivity contribution >= 4 is 54.3 Å². The van der Waals surface area contributed by atoms with Crippen molar-refractivity contribution in [1.82, 2.24) is 0 Å². The molecule has 0 amide bonds. The first-order valence-corrected chi connectivity index (χ1v) is 2.91. The zero-order valence-electron chi connectivity index (χ0n) is 5.62. The second-order valence-corrected chi connectivity index (χ2v) is 1.49. The fourth-order valence-corrected chi connectivity index (χ4v) is 0.368. The van der Waals surface area contributed by atoms with Gasteiger partial charge in [-0.05, 0) is 0 Å². The standard InChI is InChI=1S/CH3B8/c1-3-5-7-9-8-6-4-2/h1H3. The van der Waals surface area contributed by atoms with Gasteiger partial charge >= 0.3 is 61.1 Å². The van der Waals surface area contributed by atoms with Gasteiger partial charge in [-0.3, -0.25) is 0 Å². The van der Waals surface area contributed by atoms with E-state index in [1.54, 1.807) is 6.69 Å². The summed E-state index contributed by atoms with van der Waals surface area (Å²) in [5, 5.41) is 0. The van der Waals surface area contributed by atoms with E-state index in [0.717, 1.165) is 0 Å². The van der Waals surface area contributed by atoms with Crippen molar-refractivity contribution < 1.29 is 0 Å². The van der Waals surface area contributed by atoms with Crippen molar-refractivity contribution in [3.05, 3.63) is 0 Å². The van der Waals surface area contributed by atoms with Gasteiger partial charge < -0.3 is 0 Å². The molecule has 9 heavy (non-hydrogen) atoms. The topological polar surface area (TPSA) is 0 Å². The van der Waals surface area contributed by atoms with E-state index in [9.17, 15) is 0 Å². The summed E-state index contributed by atoms with van der Waals surface area (Å²) in [6.45, 7) is 14.9. The SMILES string of the molecule is [B]=BB=BB=BB=BC. The summed E-state index contributed by atoms with van der Waals surface area (Å²) in [4.78, 5) is 0. The fraction of sp³-hybridized carbons (Fsp3) is 1.00. The molecule has 0 aliphatic rings. The predicted molar refractivity (Wildman–Crippen MR) is 51.9 cm³/mol. The normalized spacial score (nSPS) is 6.22. The molecule has 31 valence electrons. The van der Waals surface area contributed by atoms with E-state index in [4.69, 9.17) is 7.37 Å². The first-order valence-electron chi connectivity index (χ1n) is 2.91. The molecule has 0 fully saturated rings. The summed E-state index contributed by atoms with van der Waals surface area (Å²) >= 11 is 0. The molecular weight excluding hydrogens is 98.5 g/mol.